The van der Waals surface area contributed by atoms with Gasteiger partial charge in [0.25, 0.3) is 0 Å². The predicted molar refractivity (Wildman–Crippen MR) is 285 cm³/mol. The Labute approximate surface area is 401 Å². The Hall–Kier alpha value is -8.56. The number of aromatic nitrogens is 4. The van der Waals surface area contributed by atoms with Crippen molar-refractivity contribution in [3.05, 3.63) is 271 Å². The van der Waals surface area contributed by atoms with Crippen LogP contribution in [0.2, 0.25) is 0 Å². The van der Waals surface area contributed by atoms with Gasteiger partial charge in [0.15, 0.2) is 17.5 Å². The molecule has 0 amide bonds. The lowest BCUT2D eigenvalue weighted by Crippen LogP contribution is -2.47. The molecule has 2 aromatic heterocycles. The van der Waals surface area contributed by atoms with Crippen LogP contribution in [-0.2, 0) is 5.41 Å². The fourth-order valence-corrected chi connectivity index (χ4v) is 13.9. The average Bonchev–Trinajstić information content (AvgIpc) is 3.78. The van der Waals surface area contributed by atoms with E-state index in [1.165, 1.54) is 76.8 Å². The van der Waals surface area contributed by atoms with E-state index in [2.05, 4.69) is 253 Å². The Balaban J connectivity index is 1.04. The molecule has 4 heterocycles. The number of hydrogen-bond acceptors (Lipinski definition) is 3. The van der Waals surface area contributed by atoms with Crippen LogP contribution in [0, 0.1) is 0 Å². The maximum atomic E-state index is 5.40. The van der Waals surface area contributed by atoms with Gasteiger partial charge in [-0.1, -0.05) is 231 Å². The summed E-state index contributed by atoms with van der Waals surface area (Å²) in [5, 5.41) is 6.54. The average molecular weight is 897 g/mol. The number of nitrogens with zero attached hydrogens (tertiary/aromatic N) is 4. The smallest absolute Gasteiger partial charge is 0.164 e. The van der Waals surface area contributed by atoms with Crippen LogP contribution in [0.3, 0.4) is 0 Å². The number of para-hydroxylation sites is 3. The third-order valence-electron chi connectivity index (χ3n) is 14.2. The highest BCUT2D eigenvalue weighted by Gasteiger charge is 2.51. The molecule has 0 saturated heterocycles. The summed E-state index contributed by atoms with van der Waals surface area (Å²) in [7, 11) is -0.955. The van der Waals surface area contributed by atoms with E-state index in [4.69, 9.17) is 15.0 Å². The zero-order valence-electron chi connectivity index (χ0n) is 37.4. The first-order valence-corrected chi connectivity index (χ1v) is 24.9. The van der Waals surface area contributed by atoms with E-state index in [0.29, 0.717) is 17.5 Å². The van der Waals surface area contributed by atoms with Gasteiger partial charge in [-0.2, -0.15) is 0 Å². The van der Waals surface area contributed by atoms with E-state index in [-0.39, 0.29) is 0 Å². The molecule has 14 rings (SSSR count). The highest BCUT2D eigenvalue weighted by molar-refractivity contribution is 7.80. The van der Waals surface area contributed by atoms with Crippen LogP contribution in [0.4, 0.5) is 0 Å². The standard InChI is InChI=1S/C64H41N4P/c1-4-17-42(18-5-1)44-31-35-46(36-32-44)61-65-62(47-37-33-45(34-38-47)43-19-6-2-7-20-43)67-63(66-61)48-39-40-59-55(41-48)64(53-26-12-15-30-58(53)69(59)49-21-8-3-9-22-49)52-25-11-14-29-57(52)68-56-28-13-10-23-50(56)51-24-16-27-54(64)60(51)68/h1-41H. The fourth-order valence-electron chi connectivity index (χ4n) is 11.2. The van der Waals surface area contributed by atoms with Crippen molar-refractivity contribution in [3.8, 4) is 62.1 Å². The SMILES string of the molecule is c1ccc(-c2ccc(-c3nc(-c4ccc(-c5ccccc5)cc4)nc(-c4ccc5c(c4)C4(c6ccccc6-n6c7ccccc7c7cccc4c76)c4ccccc4P5c4ccccc4)n3)cc2)cc1. The highest BCUT2D eigenvalue weighted by atomic mass is 31.1. The van der Waals surface area contributed by atoms with Crippen molar-refractivity contribution in [1.29, 1.82) is 0 Å². The van der Waals surface area contributed by atoms with Gasteiger partial charge >= 0.3 is 0 Å². The summed E-state index contributed by atoms with van der Waals surface area (Å²) in [6.07, 6.45) is 0. The zero-order valence-corrected chi connectivity index (χ0v) is 38.3. The zero-order chi connectivity index (χ0) is 45.5. The normalized spacial score (nSPS) is 15.4. The van der Waals surface area contributed by atoms with Crippen molar-refractivity contribution in [2.45, 2.75) is 5.41 Å². The quantitative estimate of drug-likeness (QED) is 0.156. The first kappa shape index (κ1) is 39.6. The topological polar surface area (TPSA) is 43.6 Å². The molecule has 2 unspecified atom stereocenters. The van der Waals surface area contributed by atoms with E-state index < -0.39 is 13.3 Å². The molecule has 322 valence electrons. The summed E-state index contributed by atoms with van der Waals surface area (Å²) in [5.74, 6) is 1.89. The largest absolute Gasteiger partial charge is 0.309 e. The van der Waals surface area contributed by atoms with E-state index >= 15 is 0 Å². The van der Waals surface area contributed by atoms with Gasteiger partial charge in [0.05, 0.1) is 22.1 Å². The molecule has 1 spiro atoms. The second kappa shape index (κ2) is 15.8. The van der Waals surface area contributed by atoms with Crippen LogP contribution in [0.25, 0.3) is 83.9 Å². The second-order valence-electron chi connectivity index (χ2n) is 17.9. The molecule has 0 aliphatic carbocycles. The van der Waals surface area contributed by atoms with Crippen molar-refractivity contribution >= 4 is 45.6 Å². The Morgan fingerprint density at radius 1 is 0.319 bits per heavy atom. The molecule has 0 N–H and O–H groups in total. The van der Waals surface area contributed by atoms with Gasteiger partial charge in [0.2, 0.25) is 0 Å². The molecule has 0 bridgehead atoms. The van der Waals surface area contributed by atoms with E-state index in [1.807, 2.05) is 0 Å². The van der Waals surface area contributed by atoms with Gasteiger partial charge in [0.1, 0.15) is 0 Å². The highest BCUT2D eigenvalue weighted by Crippen LogP contribution is 2.58. The molecule has 2 aliphatic heterocycles. The summed E-state index contributed by atoms with van der Waals surface area (Å²) in [4.78, 5) is 16.0. The van der Waals surface area contributed by atoms with Crippen LogP contribution in [0.15, 0.2) is 249 Å². The van der Waals surface area contributed by atoms with E-state index in [0.717, 1.165) is 27.8 Å². The molecule has 69 heavy (non-hydrogen) atoms. The second-order valence-corrected chi connectivity index (χ2v) is 20.1. The predicted octanol–water partition coefficient (Wildman–Crippen LogP) is 14.1. The Bertz CT molecular complexity index is 3840. The molecule has 4 nitrogen and oxygen atoms in total. The third kappa shape index (κ3) is 6.09. The number of fused-ring (bicyclic) bond motifs is 11. The monoisotopic (exact) mass is 896 g/mol. The molecule has 2 atom stereocenters. The maximum absolute atomic E-state index is 5.40. The van der Waals surface area contributed by atoms with Crippen molar-refractivity contribution in [1.82, 2.24) is 19.5 Å². The summed E-state index contributed by atoms with van der Waals surface area (Å²) in [6.45, 7) is 0. The number of hydrogen-bond donors (Lipinski definition) is 0. The van der Waals surface area contributed by atoms with E-state index in [1.54, 1.807) is 0 Å². The lowest BCUT2D eigenvalue weighted by atomic mass is 9.62. The van der Waals surface area contributed by atoms with Crippen LogP contribution in [0.1, 0.15) is 22.3 Å². The van der Waals surface area contributed by atoms with Gasteiger partial charge in [0, 0.05) is 27.5 Å². The molecule has 0 fully saturated rings. The van der Waals surface area contributed by atoms with Crippen molar-refractivity contribution in [2.24, 2.45) is 0 Å². The molecule has 0 radical (unpaired) electrons. The van der Waals surface area contributed by atoms with Crippen molar-refractivity contribution in [3.63, 3.8) is 0 Å². The van der Waals surface area contributed by atoms with Gasteiger partial charge in [-0.15, -0.1) is 0 Å². The lowest BCUT2D eigenvalue weighted by Gasteiger charge is -2.48. The van der Waals surface area contributed by atoms with Gasteiger partial charge in [-0.3, -0.25) is 0 Å². The summed E-state index contributed by atoms with van der Waals surface area (Å²) in [6, 6.07) is 90.5. The number of rotatable bonds is 6. The minimum absolute atomic E-state index is 0.628. The first-order chi connectivity index (χ1) is 34.2. The summed E-state index contributed by atoms with van der Waals surface area (Å²) in [5.41, 5.74) is 15.5. The minimum atomic E-state index is -0.955. The molecular weight excluding hydrogens is 856 g/mol. The van der Waals surface area contributed by atoms with Gasteiger partial charge in [-0.05, 0) is 86.5 Å². The molecule has 10 aromatic carbocycles. The van der Waals surface area contributed by atoms with Crippen molar-refractivity contribution < 1.29 is 0 Å². The van der Waals surface area contributed by atoms with E-state index in [9.17, 15) is 0 Å². The van der Waals surface area contributed by atoms with Crippen LogP contribution >= 0.6 is 7.92 Å². The molecule has 12 aromatic rings. The third-order valence-corrected chi connectivity index (χ3v) is 16.8. The molecule has 2 aliphatic rings. The maximum Gasteiger partial charge on any atom is 0.164 e. The molecular formula is C64H41N4P. The molecule has 0 saturated carbocycles. The summed E-state index contributed by atoms with van der Waals surface area (Å²) < 4.78 is 2.51. The Kier molecular flexibility index (Phi) is 9.05. The Morgan fingerprint density at radius 2 is 0.783 bits per heavy atom. The van der Waals surface area contributed by atoms with Crippen molar-refractivity contribution in [2.75, 3.05) is 0 Å². The van der Waals surface area contributed by atoms with Crippen LogP contribution in [0.5, 0.6) is 0 Å². The summed E-state index contributed by atoms with van der Waals surface area (Å²) >= 11 is 0. The fraction of sp³-hybridized carbons (Fsp3) is 0.0156. The first-order valence-electron chi connectivity index (χ1n) is 23.5. The molecule has 5 heteroatoms. The van der Waals surface area contributed by atoms with Gasteiger partial charge in [-0.25, -0.2) is 15.0 Å². The van der Waals surface area contributed by atoms with Gasteiger partial charge < -0.3 is 4.57 Å². The minimum Gasteiger partial charge on any atom is -0.309 e. The lowest BCUT2D eigenvalue weighted by molar-refractivity contribution is 0.734. The van der Waals surface area contributed by atoms with Crippen LogP contribution < -0.4 is 15.9 Å². The number of benzene rings is 10. The van der Waals surface area contributed by atoms with Crippen LogP contribution in [-0.4, -0.2) is 19.5 Å². The Morgan fingerprint density at radius 3 is 1.45 bits per heavy atom.